The Morgan fingerprint density at radius 2 is 1.90 bits per heavy atom. The van der Waals surface area contributed by atoms with Gasteiger partial charge >= 0.3 is 0 Å². The smallest absolute Gasteiger partial charge is 0.270 e. The van der Waals surface area contributed by atoms with Crippen molar-refractivity contribution in [3.05, 3.63) is 81.4 Å². The Morgan fingerprint density at radius 3 is 2.52 bits per heavy atom. The Balaban J connectivity index is 2.14. The van der Waals surface area contributed by atoms with Crippen molar-refractivity contribution in [1.82, 2.24) is 0 Å². The van der Waals surface area contributed by atoms with E-state index in [2.05, 4.69) is 6.92 Å². The third kappa shape index (κ3) is 3.86. The minimum absolute atomic E-state index is 0.0819. The molecule has 0 fully saturated rings. The van der Waals surface area contributed by atoms with Gasteiger partial charge in [0.25, 0.3) is 5.69 Å². The van der Waals surface area contributed by atoms with Gasteiger partial charge in [-0.1, -0.05) is 49.4 Å². The molecular formula is C17H15NO3. The largest absolute Gasteiger partial charge is 0.289 e. The summed E-state index contributed by atoms with van der Waals surface area (Å²) in [5.74, 6) is -0.252. The molecule has 0 unspecified atom stereocenters. The average Bonchev–Trinajstić information content (AvgIpc) is 2.53. The maximum atomic E-state index is 12.0. The van der Waals surface area contributed by atoms with Crippen molar-refractivity contribution < 1.29 is 9.72 Å². The molecule has 0 saturated carbocycles. The van der Waals surface area contributed by atoms with Crippen LogP contribution in [0, 0.1) is 10.1 Å². The van der Waals surface area contributed by atoms with Crippen LogP contribution in [-0.4, -0.2) is 10.7 Å². The molecule has 0 atom stereocenters. The van der Waals surface area contributed by atoms with E-state index >= 15 is 0 Å². The molecule has 4 nitrogen and oxygen atoms in total. The molecule has 2 aromatic rings. The van der Waals surface area contributed by atoms with E-state index in [0.29, 0.717) is 5.56 Å². The Kier molecular flexibility index (Phi) is 4.61. The highest BCUT2D eigenvalue weighted by Crippen LogP contribution is 2.14. The molecule has 0 bridgehead atoms. The van der Waals surface area contributed by atoms with Crippen molar-refractivity contribution in [3.8, 4) is 0 Å². The van der Waals surface area contributed by atoms with E-state index in [1.165, 1.54) is 29.8 Å². The summed E-state index contributed by atoms with van der Waals surface area (Å²) in [6.07, 6.45) is 4.11. The lowest BCUT2D eigenvalue weighted by molar-refractivity contribution is -0.384. The lowest BCUT2D eigenvalue weighted by Crippen LogP contribution is -1.96. The second-order valence-corrected chi connectivity index (χ2v) is 4.60. The number of nitro benzene ring substituents is 1. The van der Waals surface area contributed by atoms with Gasteiger partial charge in [-0.25, -0.2) is 0 Å². The second-order valence-electron chi connectivity index (χ2n) is 4.60. The van der Waals surface area contributed by atoms with Crippen LogP contribution in [-0.2, 0) is 6.42 Å². The molecule has 0 aliphatic rings. The third-order valence-electron chi connectivity index (χ3n) is 3.16. The minimum Gasteiger partial charge on any atom is -0.289 e. The fourth-order valence-electron chi connectivity index (χ4n) is 1.91. The van der Waals surface area contributed by atoms with Crippen LogP contribution in [0.3, 0.4) is 0 Å². The lowest BCUT2D eigenvalue weighted by atomic mass is 10.1. The Bertz CT molecular complexity index is 687. The van der Waals surface area contributed by atoms with Crippen LogP contribution in [0.5, 0.6) is 0 Å². The first kappa shape index (κ1) is 14.7. The molecular weight excluding hydrogens is 266 g/mol. The molecule has 0 aromatic heterocycles. The molecule has 0 spiro atoms. The number of benzene rings is 2. The van der Waals surface area contributed by atoms with Crippen molar-refractivity contribution in [3.63, 3.8) is 0 Å². The van der Waals surface area contributed by atoms with Gasteiger partial charge in [0.15, 0.2) is 5.78 Å². The number of nitrogens with zero attached hydrogens (tertiary/aromatic N) is 1. The molecule has 2 aromatic carbocycles. The molecule has 106 valence electrons. The third-order valence-corrected chi connectivity index (χ3v) is 3.16. The quantitative estimate of drug-likeness (QED) is 0.359. The van der Waals surface area contributed by atoms with Gasteiger partial charge in [0, 0.05) is 17.7 Å². The second kappa shape index (κ2) is 6.61. The first-order valence-corrected chi connectivity index (χ1v) is 6.66. The number of hydrogen-bond acceptors (Lipinski definition) is 3. The number of allylic oxidation sites excluding steroid dienone is 1. The number of nitro groups is 1. The molecule has 0 aliphatic carbocycles. The molecule has 0 N–H and O–H groups in total. The highest BCUT2D eigenvalue weighted by atomic mass is 16.6. The molecule has 4 heteroatoms. The summed E-state index contributed by atoms with van der Waals surface area (Å²) in [5, 5.41) is 10.7. The Morgan fingerprint density at radius 1 is 1.19 bits per heavy atom. The maximum Gasteiger partial charge on any atom is 0.270 e. The fraction of sp³-hybridized carbons (Fsp3) is 0.118. The van der Waals surface area contributed by atoms with Crippen molar-refractivity contribution in [2.24, 2.45) is 0 Å². The zero-order valence-electron chi connectivity index (χ0n) is 11.7. The number of carbonyl (C=O) groups excluding carboxylic acids is 1. The van der Waals surface area contributed by atoms with Crippen LogP contribution in [0.2, 0.25) is 0 Å². The highest BCUT2D eigenvalue weighted by Gasteiger charge is 2.09. The summed E-state index contributed by atoms with van der Waals surface area (Å²) in [7, 11) is 0. The standard InChI is InChI=1S/C17H15NO3/c1-2-13-6-8-14(9-7-13)10-11-17(19)15-4-3-5-16(12-15)18(20)21/h3-12H,2H2,1H3/b11-10+. The number of rotatable bonds is 5. The van der Waals surface area contributed by atoms with Crippen LogP contribution in [0.15, 0.2) is 54.6 Å². The number of non-ortho nitro benzene ring substituents is 1. The summed E-state index contributed by atoms with van der Waals surface area (Å²) in [5.41, 5.74) is 2.38. The fourth-order valence-corrected chi connectivity index (χ4v) is 1.91. The van der Waals surface area contributed by atoms with Crippen molar-refractivity contribution in [1.29, 1.82) is 0 Å². The number of aryl methyl sites for hydroxylation is 1. The maximum absolute atomic E-state index is 12.0. The Hall–Kier alpha value is -2.75. The zero-order valence-corrected chi connectivity index (χ0v) is 11.7. The van der Waals surface area contributed by atoms with E-state index in [4.69, 9.17) is 0 Å². The lowest BCUT2D eigenvalue weighted by Gasteiger charge is -1.98. The van der Waals surface area contributed by atoms with E-state index in [9.17, 15) is 14.9 Å². The molecule has 21 heavy (non-hydrogen) atoms. The van der Waals surface area contributed by atoms with Gasteiger partial charge in [-0.2, -0.15) is 0 Å². The molecule has 2 rings (SSSR count). The average molecular weight is 281 g/mol. The highest BCUT2D eigenvalue weighted by molar-refractivity contribution is 6.07. The first-order valence-electron chi connectivity index (χ1n) is 6.66. The van der Waals surface area contributed by atoms with E-state index in [1.54, 1.807) is 12.1 Å². The minimum atomic E-state index is -0.510. The number of hydrogen-bond donors (Lipinski definition) is 0. The topological polar surface area (TPSA) is 60.2 Å². The zero-order chi connectivity index (χ0) is 15.2. The molecule has 0 saturated heterocycles. The van der Waals surface area contributed by atoms with Crippen LogP contribution < -0.4 is 0 Å². The summed E-state index contributed by atoms with van der Waals surface area (Å²) >= 11 is 0. The molecule has 0 aliphatic heterocycles. The summed E-state index contributed by atoms with van der Waals surface area (Å²) in [6.45, 7) is 2.08. The normalized spacial score (nSPS) is 10.7. The summed E-state index contributed by atoms with van der Waals surface area (Å²) in [4.78, 5) is 22.2. The summed E-state index contributed by atoms with van der Waals surface area (Å²) in [6, 6.07) is 13.6. The van der Waals surface area contributed by atoms with E-state index in [1.807, 2.05) is 24.3 Å². The Labute approximate surface area is 122 Å². The van der Waals surface area contributed by atoms with Crippen LogP contribution in [0.1, 0.15) is 28.4 Å². The predicted octanol–water partition coefficient (Wildman–Crippen LogP) is 4.05. The van der Waals surface area contributed by atoms with Crippen molar-refractivity contribution in [2.75, 3.05) is 0 Å². The van der Waals surface area contributed by atoms with Gasteiger partial charge in [-0.3, -0.25) is 14.9 Å². The van der Waals surface area contributed by atoms with Gasteiger partial charge in [0.05, 0.1) is 4.92 Å². The van der Waals surface area contributed by atoms with Gasteiger partial charge in [-0.05, 0) is 23.6 Å². The predicted molar refractivity (Wildman–Crippen MR) is 82.3 cm³/mol. The summed E-state index contributed by atoms with van der Waals surface area (Å²) < 4.78 is 0. The van der Waals surface area contributed by atoms with Gasteiger partial charge in [0.2, 0.25) is 0 Å². The van der Waals surface area contributed by atoms with Crippen molar-refractivity contribution in [2.45, 2.75) is 13.3 Å². The van der Waals surface area contributed by atoms with E-state index in [-0.39, 0.29) is 11.5 Å². The number of ketones is 1. The van der Waals surface area contributed by atoms with Crippen LogP contribution in [0.4, 0.5) is 5.69 Å². The number of carbonyl (C=O) groups is 1. The van der Waals surface area contributed by atoms with Gasteiger partial charge in [0.1, 0.15) is 0 Å². The van der Waals surface area contributed by atoms with E-state index < -0.39 is 4.92 Å². The van der Waals surface area contributed by atoms with Crippen LogP contribution in [0.25, 0.3) is 6.08 Å². The van der Waals surface area contributed by atoms with Gasteiger partial charge in [-0.15, -0.1) is 0 Å². The molecule has 0 amide bonds. The van der Waals surface area contributed by atoms with Crippen molar-refractivity contribution >= 4 is 17.5 Å². The first-order chi connectivity index (χ1) is 10.1. The SMILES string of the molecule is CCc1ccc(/C=C/C(=O)c2cccc([N+](=O)[O-])c2)cc1. The van der Waals surface area contributed by atoms with Crippen LogP contribution >= 0.6 is 0 Å². The molecule has 0 radical (unpaired) electrons. The van der Waals surface area contributed by atoms with Gasteiger partial charge < -0.3 is 0 Å². The molecule has 0 heterocycles. The van der Waals surface area contributed by atoms with E-state index in [0.717, 1.165) is 12.0 Å². The monoisotopic (exact) mass is 281 g/mol.